The van der Waals surface area contributed by atoms with Crippen LogP contribution in [0.5, 0.6) is 0 Å². The van der Waals surface area contributed by atoms with Crippen molar-refractivity contribution in [3.05, 3.63) is 64.7 Å². The number of nitrogens with one attached hydrogen (secondary N) is 1. The highest BCUT2D eigenvalue weighted by molar-refractivity contribution is 5.99. The number of methoxy groups -OCH3 is 1. The molecule has 1 amide bonds. The number of esters is 1. The van der Waals surface area contributed by atoms with Gasteiger partial charge in [-0.05, 0) is 29.8 Å². The molecule has 0 aliphatic rings. The van der Waals surface area contributed by atoms with Gasteiger partial charge >= 0.3 is 5.97 Å². The third kappa shape index (κ3) is 4.15. The van der Waals surface area contributed by atoms with E-state index in [2.05, 4.69) is 5.32 Å². The minimum absolute atomic E-state index is 0.115. The second-order valence-corrected chi connectivity index (χ2v) is 5.57. The Kier molecular flexibility index (Phi) is 5.75. The first-order valence-electron chi connectivity index (χ1n) is 7.63. The van der Waals surface area contributed by atoms with E-state index in [1.54, 1.807) is 44.4 Å². The summed E-state index contributed by atoms with van der Waals surface area (Å²) in [4.78, 5) is 25.7. The lowest BCUT2D eigenvalue weighted by Gasteiger charge is -2.16. The summed E-state index contributed by atoms with van der Waals surface area (Å²) in [7, 11) is 4.67. The van der Waals surface area contributed by atoms with Crippen LogP contribution in [0.25, 0.3) is 0 Å². The molecule has 0 unspecified atom stereocenters. The number of carbonyl (C=O) groups is 2. The van der Waals surface area contributed by atoms with Crippen LogP contribution in [0.3, 0.4) is 0 Å². The Balaban J connectivity index is 2.30. The number of para-hydroxylation sites is 1. The zero-order valence-corrected chi connectivity index (χ0v) is 14.4. The van der Waals surface area contributed by atoms with Crippen molar-refractivity contribution >= 4 is 17.6 Å². The summed E-state index contributed by atoms with van der Waals surface area (Å²) in [5.74, 6) is -0.623. The van der Waals surface area contributed by atoms with Crippen LogP contribution in [0, 0.1) is 11.3 Å². The molecular formula is C19H19N3O3. The fourth-order valence-corrected chi connectivity index (χ4v) is 2.36. The van der Waals surface area contributed by atoms with Crippen LogP contribution in [0.4, 0.5) is 5.69 Å². The number of amides is 1. The summed E-state index contributed by atoms with van der Waals surface area (Å²) in [6, 6.07) is 14.0. The van der Waals surface area contributed by atoms with E-state index in [9.17, 15) is 9.59 Å². The average molecular weight is 337 g/mol. The molecule has 0 fully saturated rings. The van der Waals surface area contributed by atoms with Gasteiger partial charge < -0.3 is 15.0 Å². The number of hydrogen-bond donors (Lipinski definition) is 1. The molecule has 128 valence electrons. The molecule has 25 heavy (non-hydrogen) atoms. The Hall–Kier alpha value is -3.33. The highest BCUT2D eigenvalue weighted by Gasteiger charge is 2.15. The maximum Gasteiger partial charge on any atom is 0.338 e. The SMILES string of the molecule is COC(=O)c1cc(C#N)ccc1CNc1ccccc1C(=O)N(C)C. The van der Waals surface area contributed by atoms with E-state index in [-0.39, 0.29) is 5.91 Å². The Labute approximate surface area is 146 Å². The minimum atomic E-state index is -0.508. The molecule has 2 aromatic rings. The standard InChI is InChI=1S/C19H19N3O3/c1-22(2)18(23)15-6-4-5-7-17(15)21-12-14-9-8-13(11-20)10-16(14)19(24)25-3/h4-10,21H,12H2,1-3H3. The molecule has 0 radical (unpaired) electrons. The van der Waals surface area contributed by atoms with E-state index < -0.39 is 5.97 Å². The number of hydrogen-bond acceptors (Lipinski definition) is 5. The molecule has 6 nitrogen and oxygen atoms in total. The lowest BCUT2D eigenvalue weighted by Crippen LogP contribution is -2.23. The second kappa shape index (κ2) is 7.97. The number of nitriles is 1. The number of carbonyl (C=O) groups excluding carboxylic acids is 2. The van der Waals surface area contributed by atoms with Crippen LogP contribution in [-0.4, -0.2) is 38.0 Å². The minimum Gasteiger partial charge on any atom is -0.465 e. The Morgan fingerprint density at radius 3 is 2.52 bits per heavy atom. The van der Waals surface area contributed by atoms with E-state index in [0.29, 0.717) is 34.5 Å². The van der Waals surface area contributed by atoms with E-state index in [4.69, 9.17) is 10.00 Å². The summed E-state index contributed by atoms with van der Waals surface area (Å²) < 4.78 is 4.78. The second-order valence-electron chi connectivity index (χ2n) is 5.57. The highest BCUT2D eigenvalue weighted by Crippen LogP contribution is 2.20. The first-order valence-corrected chi connectivity index (χ1v) is 7.63. The van der Waals surface area contributed by atoms with Gasteiger partial charge in [0.25, 0.3) is 5.91 Å². The smallest absolute Gasteiger partial charge is 0.338 e. The predicted octanol–water partition coefficient (Wildman–Crippen LogP) is 2.66. The van der Waals surface area contributed by atoms with Crippen molar-refractivity contribution in [2.75, 3.05) is 26.5 Å². The molecule has 6 heteroatoms. The van der Waals surface area contributed by atoms with Gasteiger partial charge in [0.05, 0.1) is 29.9 Å². The number of benzene rings is 2. The Bertz CT molecular complexity index is 838. The van der Waals surface area contributed by atoms with Crippen LogP contribution in [0.1, 0.15) is 31.8 Å². The van der Waals surface area contributed by atoms with Crippen molar-refractivity contribution in [1.29, 1.82) is 5.26 Å². The third-order valence-electron chi connectivity index (χ3n) is 3.68. The number of anilines is 1. The summed E-state index contributed by atoms with van der Waals surface area (Å²) in [5, 5.41) is 12.2. The van der Waals surface area contributed by atoms with Crippen LogP contribution in [0.2, 0.25) is 0 Å². The summed E-state index contributed by atoms with van der Waals surface area (Å²) >= 11 is 0. The van der Waals surface area contributed by atoms with Gasteiger partial charge in [-0.2, -0.15) is 5.26 Å². The van der Waals surface area contributed by atoms with Crippen LogP contribution in [-0.2, 0) is 11.3 Å². The molecule has 0 saturated heterocycles. The van der Waals surface area contributed by atoms with Crippen molar-refractivity contribution in [1.82, 2.24) is 4.90 Å². The van der Waals surface area contributed by atoms with E-state index in [0.717, 1.165) is 0 Å². The van der Waals surface area contributed by atoms with Crippen LogP contribution in [0.15, 0.2) is 42.5 Å². The van der Waals surface area contributed by atoms with Crippen molar-refractivity contribution in [2.24, 2.45) is 0 Å². The van der Waals surface area contributed by atoms with Crippen molar-refractivity contribution < 1.29 is 14.3 Å². The molecule has 2 aromatic carbocycles. The summed E-state index contributed by atoms with van der Waals surface area (Å²) in [6.07, 6.45) is 0. The molecular weight excluding hydrogens is 318 g/mol. The summed E-state index contributed by atoms with van der Waals surface area (Å²) in [5.41, 5.74) is 2.60. The maximum atomic E-state index is 12.3. The van der Waals surface area contributed by atoms with Gasteiger partial charge in [0.1, 0.15) is 0 Å². The van der Waals surface area contributed by atoms with Gasteiger partial charge in [0.15, 0.2) is 0 Å². The third-order valence-corrected chi connectivity index (χ3v) is 3.68. The zero-order chi connectivity index (χ0) is 18.4. The molecule has 0 aliphatic carbocycles. The monoisotopic (exact) mass is 337 g/mol. The van der Waals surface area contributed by atoms with Crippen LogP contribution < -0.4 is 5.32 Å². The van der Waals surface area contributed by atoms with Gasteiger partial charge in [-0.3, -0.25) is 4.79 Å². The van der Waals surface area contributed by atoms with E-state index in [1.165, 1.54) is 18.1 Å². The zero-order valence-electron chi connectivity index (χ0n) is 14.4. The lowest BCUT2D eigenvalue weighted by molar-refractivity contribution is 0.0599. The molecule has 0 aliphatic heterocycles. The van der Waals surface area contributed by atoms with Gasteiger partial charge in [-0.15, -0.1) is 0 Å². The van der Waals surface area contributed by atoms with Gasteiger partial charge in [0, 0.05) is 26.3 Å². The van der Waals surface area contributed by atoms with Crippen LogP contribution >= 0.6 is 0 Å². The number of nitrogens with zero attached hydrogens (tertiary/aromatic N) is 2. The molecule has 0 atom stereocenters. The van der Waals surface area contributed by atoms with Crippen molar-refractivity contribution in [3.8, 4) is 6.07 Å². The first-order chi connectivity index (χ1) is 12.0. The number of ether oxygens (including phenoxy) is 1. The van der Waals surface area contributed by atoms with Gasteiger partial charge in [-0.25, -0.2) is 4.79 Å². The summed E-state index contributed by atoms with van der Waals surface area (Å²) in [6.45, 7) is 0.313. The van der Waals surface area contributed by atoms with E-state index in [1.807, 2.05) is 12.1 Å². The normalized spacial score (nSPS) is 9.84. The molecule has 0 aromatic heterocycles. The lowest BCUT2D eigenvalue weighted by atomic mass is 10.0. The highest BCUT2D eigenvalue weighted by atomic mass is 16.5. The van der Waals surface area contributed by atoms with Gasteiger partial charge in [-0.1, -0.05) is 18.2 Å². The fourth-order valence-electron chi connectivity index (χ4n) is 2.36. The van der Waals surface area contributed by atoms with Crippen molar-refractivity contribution in [3.63, 3.8) is 0 Å². The van der Waals surface area contributed by atoms with Gasteiger partial charge in [0.2, 0.25) is 0 Å². The molecule has 1 N–H and O–H groups in total. The van der Waals surface area contributed by atoms with E-state index >= 15 is 0 Å². The molecule has 0 bridgehead atoms. The molecule has 2 rings (SSSR count). The molecule has 0 heterocycles. The molecule has 0 spiro atoms. The number of rotatable bonds is 5. The maximum absolute atomic E-state index is 12.3. The Morgan fingerprint density at radius 2 is 1.88 bits per heavy atom. The topological polar surface area (TPSA) is 82.4 Å². The Morgan fingerprint density at radius 1 is 1.16 bits per heavy atom. The largest absolute Gasteiger partial charge is 0.465 e. The first kappa shape index (κ1) is 18.0. The predicted molar refractivity (Wildman–Crippen MR) is 94.3 cm³/mol. The van der Waals surface area contributed by atoms with Crippen molar-refractivity contribution in [2.45, 2.75) is 6.54 Å². The molecule has 0 saturated carbocycles. The fraction of sp³-hybridized carbons (Fsp3) is 0.211. The quantitative estimate of drug-likeness (QED) is 0.848. The average Bonchev–Trinajstić information content (AvgIpc) is 2.65.